The second kappa shape index (κ2) is 7.26. The minimum absolute atomic E-state index is 0.123. The smallest absolute Gasteiger partial charge is 0.311 e. The molecule has 1 fully saturated rings. The minimum Gasteiger partial charge on any atom is -0.481 e. The summed E-state index contributed by atoms with van der Waals surface area (Å²) in [5, 5.41) is 14.1. The Morgan fingerprint density at radius 3 is 2.30 bits per heavy atom. The van der Waals surface area contributed by atoms with Crippen LogP contribution in [0.25, 0.3) is 0 Å². The molecule has 1 saturated carbocycles. The molecule has 124 valence electrons. The Hall–Kier alpha value is -2.37. The van der Waals surface area contributed by atoms with Gasteiger partial charge in [-0.2, -0.15) is 0 Å². The lowest BCUT2D eigenvalue weighted by Gasteiger charge is -2.11. The molecule has 0 radical (unpaired) electrons. The van der Waals surface area contributed by atoms with Gasteiger partial charge in [0.15, 0.2) is 0 Å². The van der Waals surface area contributed by atoms with Crippen LogP contribution in [0.1, 0.15) is 30.4 Å². The van der Waals surface area contributed by atoms with Gasteiger partial charge in [-0.05, 0) is 31.7 Å². The molecule has 6 heteroatoms. The van der Waals surface area contributed by atoms with Gasteiger partial charge in [-0.1, -0.05) is 29.8 Å². The Bertz CT molecular complexity index is 591. The first kappa shape index (κ1) is 17.0. The average Bonchev–Trinajstić information content (AvgIpc) is 3.31. The molecular weight excluding hydrogens is 296 g/mol. The Morgan fingerprint density at radius 1 is 1.09 bits per heavy atom. The summed E-state index contributed by atoms with van der Waals surface area (Å²) in [6.45, 7) is 2.01. The molecule has 0 heterocycles. The number of carboxylic acids is 1. The lowest BCUT2D eigenvalue weighted by atomic mass is 10.1. The number of nitrogens with one attached hydrogen (secondary N) is 2. The lowest BCUT2D eigenvalue weighted by Crippen LogP contribution is -2.40. The average molecular weight is 318 g/mol. The van der Waals surface area contributed by atoms with Crippen LogP contribution in [0.2, 0.25) is 0 Å². The molecule has 1 aliphatic rings. The number of hydrogen-bond acceptors (Lipinski definition) is 3. The predicted octanol–water partition coefficient (Wildman–Crippen LogP) is 1.02. The van der Waals surface area contributed by atoms with Gasteiger partial charge in [0.05, 0.1) is 12.0 Å². The number of carbonyl (C=O) groups excluding carboxylic acids is 2. The molecule has 0 saturated heterocycles. The second-order valence-corrected chi connectivity index (χ2v) is 6.12. The molecule has 0 unspecified atom stereocenters. The normalized spacial score (nSPS) is 14.8. The summed E-state index contributed by atoms with van der Waals surface area (Å²) in [5.74, 6) is -1.43. The van der Waals surface area contributed by atoms with Gasteiger partial charge in [0.1, 0.15) is 0 Å². The van der Waals surface area contributed by atoms with Crippen molar-refractivity contribution in [1.82, 2.24) is 10.6 Å². The van der Waals surface area contributed by atoms with Crippen LogP contribution in [0, 0.1) is 12.3 Å². The van der Waals surface area contributed by atoms with Crippen LogP contribution >= 0.6 is 0 Å². The van der Waals surface area contributed by atoms with Gasteiger partial charge in [-0.25, -0.2) is 0 Å². The van der Waals surface area contributed by atoms with Crippen molar-refractivity contribution in [2.75, 3.05) is 13.1 Å². The molecule has 0 aliphatic heterocycles. The van der Waals surface area contributed by atoms with E-state index in [1.165, 1.54) is 5.56 Å². The Kier molecular flexibility index (Phi) is 5.36. The highest BCUT2D eigenvalue weighted by Gasteiger charge is 2.50. The van der Waals surface area contributed by atoms with Crippen LogP contribution in [0.4, 0.5) is 0 Å². The molecule has 0 atom stereocenters. The van der Waals surface area contributed by atoms with Crippen LogP contribution < -0.4 is 10.6 Å². The van der Waals surface area contributed by atoms with Crippen LogP contribution in [-0.4, -0.2) is 36.0 Å². The Balaban J connectivity index is 1.63. The van der Waals surface area contributed by atoms with E-state index in [1.807, 2.05) is 31.2 Å². The first-order valence-electron chi connectivity index (χ1n) is 7.74. The largest absolute Gasteiger partial charge is 0.481 e. The van der Waals surface area contributed by atoms with E-state index < -0.39 is 11.4 Å². The van der Waals surface area contributed by atoms with Crippen molar-refractivity contribution in [3.05, 3.63) is 35.4 Å². The quantitative estimate of drug-likeness (QED) is 0.667. The molecule has 2 rings (SSSR count). The van der Waals surface area contributed by atoms with Crippen molar-refractivity contribution in [2.45, 2.75) is 32.6 Å². The summed E-state index contributed by atoms with van der Waals surface area (Å²) < 4.78 is 0. The number of rotatable bonds is 8. The molecule has 23 heavy (non-hydrogen) atoms. The monoisotopic (exact) mass is 318 g/mol. The third-order valence-electron chi connectivity index (χ3n) is 4.14. The molecule has 1 aromatic rings. The number of hydrogen-bond donors (Lipinski definition) is 3. The summed E-state index contributed by atoms with van der Waals surface area (Å²) in [7, 11) is 0. The van der Waals surface area contributed by atoms with Gasteiger partial charge in [0.25, 0.3) is 0 Å². The van der Waals surface area contributed by atoms with Crippen LogP contribution in [0.3, 0.4) is 0 Å². The molecule has 0 aromatic heterocycles. The zero-order valence-corrected chi connectivity index (χ0v) is 13.2. The van der Waals surface area contributed by atoms with Gasteiger partial charge in [0, 0.05) is 13.0 Å². The standard InChI is InChI=1S/C17H22N2O4/c1-12-2-4-13(5-3-12)6-7-14(20)18-10-15(21)19-11-17(8-9-17)16(22)23/h2-5H,6-11H2,1H3,(H,18,20)(H,19,21)(H,22,23). The molecular formula is C17H22N2O4. The third-order valence-corrected chi connectivity index (χ3v) is 4.14. The van der Waals surface area contributed by atoms with E-state index >= 15 is 0 Å². The van der Waals surface area contributed by atoms with Crippen molar-refractivity contribution in [1.29, 1.82) is 0 Å². The number of carboxylic acid groups (broad SMARTS) is 1. The number of carbonyl (C=O) groups is 3. The highest BCUT2D eigenvalue weighted by Crippen LogP contribution is 2.45. The molecule has 3 N–H and O–H groups in total. The van der Waals surface area contributed by atoms with E-state index in [4.69, 9.17) is 5.11 Å². The Morgan fingerprint density at radius 2 is 1.74 bits per heavy atom. The fraction of sp³-hybridized carbons (Fsp3) is 0.471. The van der Waals surface area contributed by atoms with Crippen LogP contribution in [0.15, 0.2) is 24.3 Å². The zero-order chi connectivity index (χ0) is 16.9. The van der Waals surface area contributed by atoms with E-state index in [1.54, 1.807) is 0 Å². The molecule has 1 aromatic carbocycles. The second-order valence-electron chi connectivity index (χ2n) is 6.12. The maximum atomic E-state index is 11.7. The van der Waals surface area contributed by atoms with Crippen molar-refractivity contribution < 1.29 is 19.5 Å². The number of aliphatic carboxylic acids is 1. The first-order valence-corrected chi connectivity index (χ1v) is 7.74. The van der Waals surface area contributed by atoms with E-state index in [0.717, 1.165) is 5.56 Å². The van der Waals surface area contributed by atoms with Crippen molar-refractivity contribution in [2.24, 2.45) is 5.41 Å². The minimum atomic E-state index is -0.875. The lowest BCUT2D eigenvalue weighted by molar-refractivity contribution is -0.143. The van der Waals surface area contributed by atoms with E-state index in [2.05, 4.69) is 10.6 Å². The van der Waals surface area contributed by atoms with E-state index in [-0.39, 0.29) is 24.9 Å². The van der Waals surface area contributed by atoms with Crippen LogP contribution in [0.5, 0.6) is 0 Å². The van der Waals surface area contributed by atoms with Gasteiger partial charge in [0.2, 0.25) is 11.8 Å². The SMILES string of the molecule is Cc1ccc(CCC(=O)NCC(=O)NCC2(C(=O)O)CC2)cc1. The maximum absolute atomic E-state index is 11.7. The zero-order valence-electron chi connectivity index (χ0n) is 13.2. The van der Waals surface area contributed by atoms with Crippen LogP contribution in [-0.2, 0) is 20.8 Å². The van der Waals surface area contributed by atoms with E-state index in [9.17, 15) is 14.4 Å². The Labute approximate surface area is 135 Å². The predicted molar refractivity (Wildman–Crippen MR) is 84.8 cm³/mol. The van der Waals surface area contributed by atoms with Gasteiger partial charge in [-0.3, -0.25) is 14.4 Å². The van der Waals surface area contributed by atoms with Crippen molar-refractivity contribution in [3.8, 4) is 0 Å². The molecule has 6 nitrogen and oxygen atoms in total. The summed E-state index contributed by atoms with van der Waals surface area (Å²) >= 11 is 0. The summed E-state index contributed by atoms with van der Waals surface area (Å²) in [5.41, 5.74) is 1.46. The fourth-order valence-corrected chi connectivity index (χ4v) is 2.23. The highest BCUT2D eigenvalue weighted by atomic mass is 16.4. The third kappa shape index (κ3) is 5.09. The summed E-state index contributed by atoms with van der Waals surface area (Å²) in [6.07, 6.45) is 2.11. The highest BCUT2D eigenvalue weighted by molar-refractivity contribution is 5.85. The molecule has 0 spiro atoms. The number of aryl methyl sites for hydroxylation is 2. The first-order chi connectivity index (χ1) is 10.9. The molecule has 1 aliphatic carbocycles. The summed E-state index contributed by atoms with van der Waals surface area (Å²) in [4.78, 5) is 34.3. The van der Waals surface area contributed by atoms with Gasteiger partial charge >= 0.3 is 5.97 Å². The van der Waals surface area contributed by atoms with Gasteiger partial charge in [-0.15, -0.1) is 0 Å². The van der Waals surface area contributed by atoms with E-state index in [0.29, 0.717) is 25.7 Å². The van der Waals surface area contributed by atoms with Crippen molar-refractivity contribution in [3.63, 3.8) is 0 Å². The van der Waals surface area contributed by atoms with Crippen molar-refractivity contribution >= 4 is 17.8 Å². The maximum Gasteiger partial charge on any atom is 0.311 e. The topological polar surface area (TPSA) is 95.5 Å². The summed E-state index contributed by atoms with van der Waals surface area (Å²) in [6, 6.07) is 7.96. The van der Waals surface area contributed by atoms with Gasteiger partial charge < -0.3 is 15.7 Å². The molecule has 0 bridgehead atoms. The fourth-order valence-electron chi connectivity index (χ4n) is 2.23. The number of amides is 2. The number of benzene rings is 1. The molecule has 2 amide bonds.